The van der Waals surface area contributed by atoms with Gasteiger partial charge in [-0.1, -0.05) is 31.6 Å². The number of thiocarbonyl (C=S) groups is 1. The topological polar surface area (TPSA) is 87.7 Å². The van der Waals surface area contributed by atoms with Crippen LogP contribution >= 0.6 is 12.2 Å². The summed E-state index contributed by atoms with van der Waals surface area (Å²) in [5, 5.41) is 5.59. The molecule has 1 amide bonds. The Hall–Kier alpha value is -3.01. The Morgan fingerprint density at radius 1 is 1.12 bits per heavy atom. The van der Waals surface area contributed by atoms with E-state index in [9.17, 15) is 13.2 Å². The van der Waals surface area contributed by atoms with Gasteiger partial charge in [-0.05, 0) is 61.1 Å². The maximum absolute atomic E-state index is 12.8. The summed E-state index contributed by atoms with van der Waals surface area (Å²) in [7, 11) is -3.69. The molecule has 2 aromatic carbocycles. The van der Waals surface area contributed by atoms with Gasteiger partial charge in [-0.3, -0.25) is 10.1 Å². The lowest BCUT2D eigenvalue weighted by atomic mass is 10.2. The molecule has 33 heavy (non-hydrogen) atoms. The van der Waals surface area contributed by atoms with Gasteiger partial charge < -0.3 is 10.1 Å². The van der Waals surface area contributed by atoms with Crippen LogP contribution in [0, 0.1) is 0 Å². The Labute approximate surface area is 201 Å². The number of amides is 1. The highest BCUT2D eigenvalue weighted by Crippen LogP contribution is 2.19. The molecule has 0 fully saturated rings. The average Bonchev–Trinajstić information content (AvgIpc) is 2.79. The van der Waals surface area contributed by atoms with Crippen LogP contribution in [-0.4, -0.2) is 43.4 Å². The van der Waals surface area contributed by atoms with Gasteiger partial charge in [0.25, 0.3) is 5.91 Å². The van der Waals surface area contributed by atoms with Crippen molar-refractivity contribution in [1.82, 2.24) is 9.62 Å². The predicted molar refractivity (Wildman–Crippen MR) is 136 cm³/mol. The lowest BCUT2D eigenvalue weighted by Crippen LogP contribution is -2.34. The van der Waals surface area contributed by atoms with Crippen molar-refractivity contribution in [2.24, 2.45) is 0 Å². The summed E-state index contributed by atoms with van der Waals surface area (Å²) >= 11 is 5.22. The molecule has 0 atom stereocenters. The summed E-state index contributed by atoms with van der Waals surface area (Å²) in [4.78, 5) is 12.6. The molecule has 0 bridgehead atoms. The third-order valence-electron chi connectivity index (χ3n) is 4.51. The van der Waals surface area contributed by atoms with E-state index in [0.717, 1.165) is 12.8 Å². The molecule has 0 aliphatic rings. The van der Waals surface area contributed by atoms with Crippen molar-refractivity contribution in [2.75, 3.05) is 25.0 Å². The second-order valence-corrected chi connectivity index (χ2v) is 9.41. The van der Waals surface area contributed by atoms with Crippen LogP contribution in [0.25, 0.3) is 0 Å². The van der Waals surface area contributed by atoms with Crippen LogP contribution in [0.3, 0.4) is 0 Å². The summed E-state index contributed by atoms with van der Waals surface area (Å²) in [6.07, 6.45) is 5.00. The fourth-order valence-corrected chi connectivity index (χ4v) is 4.41. The van der Waals surface area contributed by atoms with E-state index >= 15 is 0 Å². The van der Waals surface area contributed by atoms with Crippen LogP contribution in [-0.2, 0) is 10.0 Å². The van der Waals surface area contributed by atoms with Crippen LogP contribution in [0.2, 0.25) is 0 Å². The van der Waals surface area contributed by atoms with Gasteiger partial charge in [0.1, 0.15) is 5.75 Å². The summed E-state index contributed by atoms with van der Waals surface area (Å²) < 4.78 is 32.4. The number of anilines is 1. The highest BCUT2D eigenvalue weighted by Gasteiger charge is 2.22. The summed E-state index contributed by atoms with van der Waals surface area (Å²) in [6, 6.07) is 13.0. The van der Waals surface area contributed by atoms with Gasteiger partial charge in [0.2, 0.25) is 10.0 Å². The quantitative estimate of drug-likeness (QED) is 0.263. The Kier molecular flexibility index (Phi) is 10.2. The molecule has 0 aromatic heterocycles. The van der Waals surface area contributed by atoms with E-state index in [-0.39, 0.29) is 29.0 Å². The van der Waals surface area contributed by atoms with Crippen LogP contribution in [0.1, 0.15) is 30.1 Å². The molecule has 0 saturated heterocycles. The van der Waals surface area contributed by atoms with E-state index in [1.165, 1.54) is 28.6 Å². The van der Waals surface area contributed by atoms with Crippen LogP contribution < -0.4 is 15.4 Å². The summed E-state index contributed by atoms with van der Waals surface area (Å²) in [5.74, 6) is 0.242. The molecule has 7 nitrogen and oxygen atoms in total. The van der Waals surface area contributed by atoms with E-state index in [4.69, 9.17) is 17.0 Å². The third-order valence-corrected chi connectivity index (χ3v) is 6.56. The number of nitrogens with one attached hydrogen (secondary N) is 2. The average molecular weight is 488 g/mol. The zero-order valence-corrected chi connectivity index (χ0v) is 20.3. The number of hydrogen-bond acceptors (Lipinski definition) is 5. The van der Waals surface area contributed by atoms with Crippen molar-refractivity contribution in [2.45, 2.75) is 24.7 Å². The highest BCUT2D eigenvalue weighted by atomic mass is 32.2. The molecule has 0 radical (unpaired) electrons. The molecule has 0 aliphatic heterocycles. The molecule has 0 unspecified atom stereocenters. The van der Waals surface area contributed by atoms with Crippen LogP contribution in [0.15, 0.2) is 78.7 Å². The number of carbonyl (C=O) groups excluding carboxylic acids is 1. The number of unbranched alkanes of at least 4 members (excludes halogenated alkanes) is 1. The first-order valence-electron chi connectivity index (χ1n) is 10.5. The second kappa shape index (κ2) is 12.9. The molecule has 0 aliphatic carbocycles. The van der Waals surface area contributed by atoms with Crippen LogP contribution in [0.5, 0.6) is 5.75 Å². The normalized spacial score (nSPS) is 11.0. The standard InChI is InChI=1S/C24H29N3O4S2/c1-4-7-17-31-21-10-8-9-19(18-21)23(28)26-24(32)25-20-11-13-22(14-12-20)33(29,30)27(15-5-2)16-6-3/h5-6,8-14,18H,2-4,7,15-17H2,1H3,(H2,25,26,28,32). The van der Waals surface area contributed by atoms with Gasteiger partial charge in [-0.15, -0.1) is 13.2 Å². The molecule has 2 aromatic rings. The van der Waals surface area contributed by atoms with Gasteiger partial charge >= 0.3 is 0 Å². The zero-order chi connectivity index (χ0) is 24.3. The maximum atomic E-state index is 12.8. The fraction of sp³-hybridized carbons (Fsp3) is 0.250. The van der Waals surface area contributed by atoms with Gasteiger partial charge in [0.15, 0.2) is 5.11 Å². The molecule has 9 heteroatoms. The van der Waals surface area contributed by atoms with E-state index in [1.54, 1.807) is 36.4 Å². The molecule has 0 saturated carbocycles. The summed E-state index contributed by atoms with van der Waals surface area (Å²) in [6.45, 7) is 10.2. The van der Waals surface area contributed by atoms with Gasteiger partial charge in [0.05, 0.1) is 11.5 Å². The van der Waals surface area contributed by atoms with Gasteiger partial charge in [-0.25, -0.2) is 8.42 Å². The lowest BCUT2D eigenvalue weighted by Gasteiger charge is -2.19. The molecule has 0 heterocycles. The Morgan fingerprint density at radius 3 is 2.39 bits per heavy atom. The maximum Gasteiger partial charge on any atom is 0.257 e. The Balaban J connectivity index is 2.00. The number of rotatable bonds is 12. The molecular weight excluding hydrogens is 458 g/mol. The molecular formula is C24H29N3O4S2. The number of carbonyl (C=O) groups is 1. The molecule has 176 valence electrons. The molecule has 2 rings (SSSR count). The van der Waals surface area contributed by atoms with E-state index in [0.29, 0.717) is 23.6 Å². The van der Waals surface area contributed by atoms with E-state index in [2.05, 4.69) is 30.7 Å². The highest BCUT2D eigenvalue weighted by molar-refractivity contribution is 7.89. The first-order valence-corrected chi connectivity index (χ1v) is 12.3. The van der Waals surface area contributed by atoms with Crippen molar-refractivity contribution in [3.05, 3.63) is 79.4 Å². The SMILES string of the molecule is C=CCN(CC=C)S(=O)(=O)c1ccc(NC(=S)NC(=O)c2cccc(OCCCC)c2)cc1. The minimum Gasteiger partial charge on any atom is -0.494 e. The third kappa shape index (κ3) is 7.81. The van der Waals surface area contributed by atoms with Crippen molar-refractivity contribution < 1.29 is 17.9 Å². The number of benzene rings is 2. The monoisotopic (exact) mass is 487 g/mol. The van der Waals surface area contributed by atoms with Crippen molar-refractivity contribution in [3.63, 3.8) is 0 Å². The minimum atomic E-state index is -3.69. The first kappa shape index (κ1) is 26.2. The van der Waals surface area contributed by atoms with E-state index in [1.807, 2.05) is 0 Å². The van der Waals surface area contributed by atoms with Gasteiger partial charge in [0, 0.05) is 24.3 Å². The smallest absolute Gasteiger partial charge is 0.257 e. The fourth-order valence-electron chi connectivity index (χ4n) is 2.82. The van der Waals surface area contributed by atoms with Crippen molar-refractivity contribution >= 4 is 38.9 Å². The number of sulfonamides is 1. The van der Waals surface area contributed by atoms with Crippen LogP contribution in [0.4, 0.5) is 5.69 Å². The molecule has 0 spiro atoms. The van der Waals surface area contributed by atoms with E-state index < -0.39 is 10.0 Å². The Bertz CT molecular complexity index is 1070. The predicted octanol–water partition coefficient (Wildman–Crippen LogP) is 4.36. The number of nitrogens with zero attached hydrogens (tertiary/aromatic N) is 1. The van der Waals surface area contributed by atoms with Crippen molar-refractivity contribution in [1.29, 1.82) is 0 Å². The second-order valence-electron chi connectivity index (χ2n) is 7.06. The largest absolute Gasteiger partial charge is 0.494 e. The van der Waals surface area contributed by atoms with Gasteiger partial charge in [-0.2, -0.15) is 4.31 Å². The summed E-state index contributed by atoms with van der Waals surface area (Å²) in [5.41, 5.74) is 0.953. The Morgan fingerprint density at radius 2 is 1.79 bits per heavy atom. The van der Waals surface area contributed by atoms with Crippen molar-refractivity contribution in [3.8, 4) is 5.75 Å². The lowest BCUT2D eigenvalue weighted by molar-refractivity contribution is 0.0977. The number of hydrogen-bond donors (Lipinski definition) is 2. The minimum absolute atomic E-state index is 0.0906. The number of ether oxygens (including phenoxy) is 1. The molecule has 2 N–H and O–H groups in total. The zero-order valence-electron chi connectivity index (χ0n) is 18.6. The first-order chi connectivity index (χ1) is 15.8.